The summed E-state index contributed by atoms with van der Waals surface area (Å²) in [5.41, 5.74) is 2.55. The van der Waals surface area contributed by atoms with Crippen molar-refractivity contribution in [3.8, 4) is 5.75 Å². The summed E-state index contributed by atoms with van der Waals surface area (Å²) in [4.78, 5) is 35.3. The van der Waals surface area contributed by atoms with Gasteiger partial charge in [-0.1, -0.05) is 29.8 Å². The fraction of sp³-hybridized carbons (Fsp3) is 0.318. The Morgan fingerprint density at radius 2 is 1.69 bits per heavy atom. The minimum Gasteiger partial charge on any atom is -0.434 e. The number of nitrogens with one attached hydrogen (secondary N) is 2. The predicted octanol–water partition coefficient (Wildman–Crippen LogP) is 3.01. The molecule has 2 amide bonds. The average molecular weight is 398 g/mol. The Kier molecular flexibility index (Phi) is 8.69. The van der Waals surface area contributed by atoms with Gasteiger partial charge in [-0.05, 0) is 50.1 Å². The maximum atomic E-state index is 12.1. The summed E-state index contributed by atoms with van der Waals surface area (Å²) < 4.78 is 9.63. The second kappa shape index (κ2) is 11.5. The number of benzene rings is 2. The van der Waals surface area contributed by atoms with E-state index in [2.05, 4.69) is 15.4 Å². The van der Waals surface area contributed by atoms with Crippen molar-refractivity contribution in [1.82, 2.24) is 10.6 Å². The first-order valence-corrected chi connectivity index (χ1v) is 9.53. The summed E-state index contributed by atoms with van der Waals surface area (Å²) in [6, 6.07) is 14.0. The summed E-state index contributed by atoms with van der Waals surface area (Å²) in [6.07, 6.45) is 0.179. The lowest BCUT2D eigenvalue weighted by Crippen LogP contribution is -2.30. The van der Waals surface area contributed by atoms with Crippen molar-refractivity contribution in [3.63, 3.8) is 0 Å². The molecule has 2 rings (SSSR count). The third-order valence-corrected chi connectivity index (χ3v) is 3.99. The average Bonchev–Trinajstić information content (AvgIpc) is 2.68. The first-order chi connectivity index (χ1) is 14.0. The Labute approximate surface area is 170 Å². The van der Waals surface area contributed by atoms with E-state index in [1.807, 2.05) is 31.2 Å². The first kappa shape index (κ1) is 21.9. The molecule has 7 heteroatoms. The molecule has 2 aromatic rings. The predicted molar refractivity (Wildman–Crippen MR) is 109 cm³/mol. The number of ether oxygens (including phenoxy) is 2. The lowest BCUT2D eigenvalue weighted by molar-refractivity contribution is -0.120. The fourth-order valence-corrected chi connectivity index (χ4v) is 2.61. The van der Waals surface area contributed by atoms with Crippen molar-refractivity contribution >= 4 is 18.0 Å². The largest absolute Gasteiger partial charge is 0.513 e. The number of carbonyl (C=O) groups is 3. The SMILES string of the molecule is CCOC(=O)Oc1ccc(C(=O)NCCCNC(=O)Cc2cccc(C)c2)cc1. The molecule has 2 N–H and O–H groups in total. The molecule has 0 aromatic heterocycles. The molecule has 0 aliphatic heterocycles. The van der Waals surface area contributed by atoms with E-state index in [4.69, 9.17) is 4.74 Å². The van der Waals surface area contributed by atoms with E-state index in [1.165, 1.54) is 12.1 Å². The minimum absolute atomic E-state index is 0.0425. The van der Waals surface area contributed by atoms with Crippen LogP contribution in [0.3, 0.4) is 0 Å². The highest BCUT2D eigenvalue weighted by Gasteiger charge is 2.08. The topological polar surface area (TPSA) is 93.7 Å². The molecule has 29 heavy (non-hydrogen) atoms. The molecule has 0 atom stereocenters. The summed E-state index contributed by atoms with van der Waals surface area (Å²) in [6.45, 7) is 4.82. The zero-order valence-electron chi connectivity index (χ0n) is 16.7. The van der Waals surface area contributed by atoms with E-state index in [1.54, 1.807) is 19.1 Å². The molecular formula is C22H26N2O5. The van der Waals surface area contributed by atoms with E-state index < -0.39 is 6.16 Å². The monoisotopic (exact) mass is 398 g/mol. The van der Waals surface area contributed by atoms with Gasteiger partial charge in [0.2, 0.25) is 5.91 Å². The van der Waals surface area contributed by atoms with Crippen molar-refractivity contribution in [2.75, 3.05) is 19.7 Å². The Balaban J connectivity index is 1.65. The van der Waals surface area contributed by atoms with Crippen molar-refractivity contribution in [3.05, 3.63) is 65.2 Å². The number of aryl methyl sites for hydroxylation is 1. The lowest BCUT2D eigenvalue weighted by atomic mass is 10.1. The van der Waals surface area contributed by atoms with Gasteiger partial charge in [0, 0.05) is 18.7 Å². The molecule has 0 saturated heterocycles. The molecule has 0 aliphatic rings. The van der Waals surface area contributed by atoms with Gasteiger partial charge in [-0.25, -0.2) is 4.79 Å². The summed E-state index contributed by atoms with van der Waals surface area (Å²) in [7, 11) is 0. The third-order valence-electron chi connectivity index (χ3n) is 3.99. The summed E-state index contributed by atoms with van der Waals surface area (Å²) >= 11 is 0. The molecule has 0 aliphatic carbocycles. The second-order valence-electron chi connectivity index (χ2n) is 6.43. The van der Waals surface area contributed by atoms with Crippen LogP contribution in [0, 0.1) is 6.92 Å². The molecule has 154 valence electrons. The van der Waals surface area contributed by atoms with Crippen molar-refractivity contribution < 1.29 is 23.9 Å². The quantitative estimate of drug-likeness (QED) is 0.385. The summed E-state index contributed by atoms with van der Waals surface area (Å²) in [5, 5.41) is 5.64. The van der Waals surface area contributed by atoms with Gasteiger partial charge in [0.15, 0.2) is 0 Å². The Morgan fingerprint density at radius 1 is 0.966 bits per heavy atom. The van der Waals surface area contributed by atoms with Crippen LogP contribution in [-0.2, 0) is 16.0 Å². The van der Waals surface area contributed by atoms with Crippen LogP contribution in [0.15, 0.2) is 48.5 Å². The Hall–Kier alpha value is -3.35. The molecule has 0 unspecified atom stereocenters. The fourth-order valence-electron chi connectivity index (χ4n) is 2.61. The van der Waals surface area contributed by atoms with Gasteiger partial charge in [-0.3, -0.25) is 9.59 Å². The first-order valence-electron chi connectivity index (χ1n) is 9.53. The Bertz CT molecular complexity index is 833. The van der Waals surface area contributed by atoms with Crippen LogP contribution in [0.5, 0.6) is 5.75 Å². The zero-order valence-corrected chi connectivity index (χ0v) is 16.7. The van der Waals surface area contributed by atoms with Crippen molar-refractivity contribution in [2.45, 2.75) is 26.7 Å². The molecule has 0 heterocycles. The van der Waals surface area contributed by atoms with Crippen LogP contribution in [0.2, 0.25) is 0 Å². The highest BCUT2D eigenvalue weighted by Crippen LogP contribution is 2.13. The number of rotatable bonds is 9. The number of hydrogen-bond donors (Lipinski definition) is 2. The molecule has 0 spiro atoms. The summed E-state index contributed by atoms with van der Waals surface area (Å²) in [5.74, 6) is 0.0224. The molecule has 0 saturated carbocycles. The maximum absolute atomic E-state index is 12.1. The normalized spacial score (nSPS) is 10.1. The van der Waals surface area contributed by atoms with E-state index in [0.29, 0.717) is 37.2 Å². The van der Waals surface area contributed by atoms with Crippen LogP contribution in [0.25, 0.3) is 0 Å². The second-order valence-corrected chi connectivity index (χ2v) is 6.43. The van der Waals surface area contributed by atoms with Gasteiger partial charge in [-0.15, -0.1) is 0 Å². The number of amides is 2. The van der Waals surface area contributed by atoms with Crippen molar-refractivity contribution in [1.29, 1.82) is 0 Å². The van der Waals surface area contributed by atoms with Gasteiger partial charge in [0.1, 0.15) is 5.75 Å². The van der Waals surface area contributed by atoms with Gasteiger partial charge in [0.25, 0.3) is 5.91 Å². The molecular weight excluding hydrogens is 372 g/mol. The van der Waals surface area contributed by atoms with Crippen molar-refractivity contribution in [2.24, 2.45) is 0 Å². The third kappa shape index (κ3) is 8.04. The minimum atomic E-state index is -0.783. The van der Waals surface area contributed by atoms with E-state index in [9.17, 15) is 14.4 Å². The van der Waals surface area contributed by atoms with E-state index in [-0.39, 0.29) is 18.4 Å². The Morgan fingerprint density at radius 3 is 2.38 bits per heavy atom. The van der Waals surface area contributed by atoms with E-state index in [0.717, 1.165) is 11.1 Å². The molecule has 7 nitrogen and oxygen atoms in total. The number of carbonyl (C=O) groups excluding carboxylic acids is 3. The van der Waals surface area contributed by atoms with Gasteiger partial charge >= 0.3 is 6.16 Å². The molecule has 0 fully saturated rings. The standard InChI is InChI=1S/C22H26N2O5/c1-3-28-22(27)29-19-10-8-18(9-11-19)21(26)24-13-5-12-23-20(25)15-17-7-4-6-16(2)14-17/h4,6-11,14H,3,5,12-13,15H2,1-2H3,(H,23,25)(H,24,26). The maximum Gasteiger partial charge on any atom is 0.513 e. The zero-order chi connectivity index (χ0) is 21.1. The lowest BCUT2D eigenvalue weighted by Gasteiger charge is -2.08. The van der Waals surface area contributed by atoms with Gasteiger partial charge in [0.05, 0.1) is 13.0 Å². The highest BCUT2D eigenvalue weighted by molar-refractivity contribution is 5.94. The van der Waals surface area contributed by atoms with Crippen LogP contribution < -0.4 is 15.4 Å². The van der Waals surface area contributed by atoms with Crippen LogP contribution in [0.1, 0.15) is 34.8 Å². The smallest absolute Gasteiger partial charge is 0.434 e. The van der Waals surface area contributed by atoms with Crippen LogP contribution >= 0.6 is 0 Å². The highest BCUT2D eigenvalue weighted by atomic mass is 16.7. The van der Waals surface area contributed by atoms with Crippen LogP contribution in [0.4, 0.5) is 4.79 Å². The van der Waals surface area contributed by atoms with Gasteiger partial charge in [-0.2, -0.15) is 0 Å². The van der Waals surface area contributed by atoms with Gasteiger partial charge < -0.3 is 20.1 Å². The molecule has 2 aromatic carbocycles. The van der Waals surface area contributed by atoms with Crippen LogP contribution in [-0.4, -0.2) is 37.7 Å². The molecule has 0 radical (unpaired) electrons. The number of hydrogen-bond acceptors (Lipinski definition) is 5. The van der Waals surface area contributed by atoms with E-state index >= 15 is 0 Å². The molecule has 0 bridgehead atoms.